The fourth-order valence-corrected chi connectivity index (χ4v) is 4.38. The van der Waals surface area contributed by atoms with Crippen LogP contribution < -0.4 is 9.64 Å². The highest BCUT2D eigenvalue weighted by Crippen LogP contribution is 2.37. The zero-order chi connectivity index (χ0) is 21.4. The Bertz CT molecular complexity index is 1150. The highest BCUT2D eigenvalue weighted by atomic mass is 32.2. The molecule has 0 unspecified atom stereocenters. The number of rotatable bonds is 4. The van der Waals surface area contributed by atoms with E-state index in [1.807, 2.05) is 30.3 Å². The van der Waals surface area contributed by atoms with Crippen molar-refractivity contribution in [2.45, 2.75) is 0 Å². The van der Waals surface area contributed by atoms with Crippen molar-refractivity contribution in [2.75, 3.05) is 11.5 Å². The molecule has 0 radical (unpaired) electrons. The van der Waals surface area contributed by atoms with E-state index in [9.17, 15) is 24.6 Å². The molecule has 0 aliphatic carbocycles. The first-order valence-electron chi connectivity index (χ1n) is 8.65. The zero-order valence-corrected chi connectivity index (χ0v) is 16.8. The van der Waals surface area contributed by atoms with Gasteiger partial charge >= 0.3 is 11.9 Å². The number of hydrogen-bond acceptors (Lipinski definition) is 6. The van der Waals surface area contributed by atoms with E-state index >= 15 is 0 Å². The molecule has 0 spiro atoms. The van der Waals surface area contributed by atoms with Crippen molar-refractivity contribution in [2.24, 2.45) is 0 Å². The van der Waals surface area contributed by atoms with Crippen LogP contribution in [0.25, 0.3) is 6.08 Å². The molecule has 2 aromatic carbocycles. The number of thioether (sulfide) groups is 1. The van der Waals surface area contributed by atoms with E-state index in [-0.39, 0.29) is 21.1 Å². The average Bonchev–Trinajstić information content (AvgIpc) is 3.00. The molecule has 2 N–H and O–H groups in total. The lowest BCUT2D eigenvalue weighted by atomic mass is 10.1. The van der Waals surface area contributed by atoms with Crippen LogP contribution in [0.15, 0.2) is 59.0 Å². The van der Waals surface area contributed by atoms with Crippen LogP contribution in [0.4, 0.5) is 5.69 Å². The van der Waals surface area contributed by atoms with E-state index in [1.165, 1.54) is 12.1 Å². The van der Waals surface area contributed by atoms with E-state index < -0.39 is 17.8 Å². The minimum atomic E-state index is -1.30. The standard InChI is InChI=1S/C21H13NO6S2/c23-18-17(6-11-5-12-3-1-2-4-16(12)28-10-11)30-21(29)22(18)15-8-13(19(24)25)7-14(9-15)20(26)27/h1-9H,10H2,(H,24,25)(H,26,27)/b17-6-. The Morgan fingerprint density at radius 3 is 2.43 bits per heavy atom. The summed E-state index contributed by atoms with van der Waals surface area (Å²) in [4.78, 5) is 37.2. The van der Waals surface area contributed by atoms with Gasteiger partial charge in [-0.05, 0) is 42.0 Å². The van der Waals surface area contributed by atoms with Gasteiger partial charge in [-0.15, -0.1) is 0 Å². The zero-order valence-electron chi connectivity index (χ0n) is 15.2. The Kier molecular flexibility index (Phi) is 5.15. The Hall–Kier alpha value is -3.43. The number of benzene rings is 2. The predicted octanol–water partition coefficient (Wildman–Crippen LogP) is 3.81. The van der Waals surface area contributed by atoms with E-state index in [0.29, 0.717) is 11.5 Å². The number of nitrogens with zero attached hydrogens (tertiary/aromatic N) is 1. The smallest absolute Gasteiger partial charge is 0.335 e. The summed E-state index contributed by atoms with van der Waals surface area (Å²) in [6, 6.07) is 11.0. The summed E-state index contributed by atoms with van der Waals surface area (Å²) >= 11 is 6.36. The molecule has 1 amide bonds. The second-order valence-corrected chi connectivity index (χ2v) is 8.12. The number of carboxylic acids is 2. The van der Waals surface area contributed by atoms with Crippen molar-refractivity contribution < 1.29 is 29.3 Å². The van der Waals surface area contributed by atoms with Gasteiger partial charge in [0.1, 0.15) is 12.4 Å². The maximum atomic E-state index is 13.0. The lowest BCUT2D eigenvalue weighted by Crippen LogP contribution is -2.28. The Morgan fingerprint density at radius 2 is 1.77 bits per heavy atom. The van der Waals surface area contributed by atoms with Crippen LogP contribution in [-0.2, 0) is 4.79 Å². The Labute approximate surface area is 180 Å². The van der Waals surface area contributed by atoms with Crippen LogP contribution in [0, 0.1) is 0 Å². The molecule has 2 aromatic rings. The van der Waals surface area contributed by atoms with Crippen LogP contribution in [0.1, 0.15) is 26.3 Å². The van der Waals surface area contributed by atoms with Gasteiger partial charge < -0.3 is 14.9 Å². The summed E-state index contributed by atoms with van der Waals surface area (Å²) in [6.07, 6.45) is 3.59. The first-order chi connectivity index (χ1) is 14.3. The lowest BCUT2D eigenvalue weighted by molar-refractivity contribution is -0.113. The Morgan fingerprint density at radius 1 is 1.10 bits per heavy atom. The largest absolute Gasteiger partial charge is 0.488 e. The van der Waals surface area contributed by atoms with Crippen LogP contribution in [-0.4, -0.2) is 39.0 Å². The van der Waals surface area contributed by atoms with E-state index in [4.69, 9.17) is 17.0 Å². The molecule has 0 bridgehead atoms. The van der Waals surface area contributed by atoms with Crippen molar-refractivity contribution in [1.29, 1.82) is 0 Å². The predicted molar refractivity (Wildman–Crippen MR) is 116 cm³/mol. The molecule has 150 valence electrons. The molecule has 9 heteroatoms. The molecule has 1 saturated heterocycles. The topological polar surface area (TPSA) is 104 Å². The molecule has 4 rings (SSSR count). The Balaban J connectivity index is 1.69. The normalized spacial score (nSPS) is 16.9. The third-order valence-corrected chi connectivity index (χ3v) is 5.74. The van der Waals surface area contributed by atoms with Crippen LogP contribution in [0.5, 0.6) is 5.75 Å². The summed E-state index contributed by atoms with van der Waals surface area (Å²) < 4.78 is 5.88. The number of carbonyl (C=O) groups excluding carboxylic acids is 1. The first-order valence-corrected chi connectivity index (χ1v) is 9.88. The summed E-state index contributed by atoms with van der Waals surface area (Å²) in [5.74, 6) is -2.30. The number of amides is 1. The summed E-state index contributed by atoms with van der Waals surface area (Å²) in [5, 5.41) is 18.5. The summed E-state index contributed by atoms with van der Waals surface area (Å²) in [6.45, 7) is 0.290. The quantitative estimate of drug-likeness (QED) is 0.548. The summed E-state index contributed by atoms with van der Waals surface area (Å²) in [7, 11) is 0. The third-order valence-electron chi connectivity index (χ3n) is 4.43. The number of ether oxygens (including phenoxy) is 1. The number of fused-ring (bicyclic) bond motifs is 1. The number of anilines is 1. The van der Waals surface area contributed by atoms with Gasteiger partial charge in [0.15, 0.2) is 4.32 Å². The van der Waals surface area contributed by atoms with Crippen molar-refractivity contribution in [3.05, 3.63) is 75.7 Å². The van der Waals surface area contributed by atoms with Crippen molar-refractivity contribution >= 4 is 57.9 Å². The molecule has 0 saturated carbocycles. The molecular weight excluding hydrogens is 426 g/mol. The van der Waals surface area contributed by atoms with Gasteiger partial charge in [-0.1, -0.05) is 42.2 Å². The van der Waals surface area contributed by atoms with Gasteiger partial charge in [0, 0.05) is 5.56 Å². The van der Waals surface area contributed by atoms with Crippen molar-refractivity contribution in [3.63, 3.8) is 0 Å². The molecule has 30 heavy (non-hydrogen) atoms. The second-order valence-electron chi connectivity index (χ2n) is 6.44. The van der Waals surface area contributed by atoms with Gasteiger partial charge in [-0.25, -0.2) is 9.59 Å². The number of aromatic carboxylic acids is 2. The van der Waals surface area contributed by atoms with Crippen molar-refractivity contribution in [3.8, 4) is 5.75 Å². The van der Waals surface area contributed by atoms with Crippen LogP contribution in [0.3, 0.4) is 0 Å². The fraction of sp³-hybridized carbons (Fsp3) is 0.0476. The third kappa shape index (κ3) is 3.72. The van der Waals surface area contributed by atoms with Crippen molar-refractivity contribution in [1.82, 2.24) is 0 Å². The van der Waals surface area contributed by atoms with E-state index in [1.54, 1.807) is 6.08 Å². The monoisotopic (exact) mass is 439 g/mol. The van der Waals surface area contributed by atoms with Gasteiger partial charge in [0.05, 0.1) is 21.7 Å². The maximum Gasteiger partial charge on any atom is 0.335 e. The van der Waals surface area contributed by atoms with E-state index in [0.717, 1.165) is 39.6 Å². The van der Waals surface area contributed by atoms with Gasteiger partial charge in [-0.3, -0.25) is 9.69 Å². The average molecular weight is 439 g/mol. The minimum Gasteiger partial charge on any atom is -0.488 e. The second kappa shape index (κ2) is 7.77. The minimum absolute atomic E-state index is 0.0948. The fourth-order valence-electron chi connectivity index (χ4n) is 3.06. The van der Waals surface area contributed by atoms with Gasteiger partial charge in [0.25, 0.3) is 5.91 Å². The number of hydrogen-bond donors (Lipinski definition) is 2. The molecule has 1 fully saturated rings. The molecular formula is C21H13NO6S2. The molecule has 0 atom stereocenters. The van der Waals surface area contributed by atoms with Gasteiger partial charge in [0.2, 0.25) is 0 Å². The lowest BCUT2D eigenvalue weighted by Gasteiger charge is -2.17. The SMILES string of the molecule is O=C(O)c1cc(C(=O)O)cc(N2C(=O)/C(=C/C3=Cc4ccccc4OC3)SC2=S)c1. The molecule has 0 aromatic heterocycles. The highest BCUT2D eigenvalue weighted by molar-refractivity contribution is 8.27. The highest BCUT2D eigenvalue weighted by Gasteiger charge is 2.34. The molecule has 2 aliphatic rings. The maximum absolute atomic E-state index is 13.0. The van der Waals surface area contributed by atoms with Crippen LogP contribution in [0.2, 0.25) is 0 Å². The number of carboxylic acid groups (broad SMARTS) is 2. The van der Waals surface area contributed by atoms with Gasteiger partial charge in [-0.2, -0.15) is 0 Å². The number of carbonyl (C=O) groups is 3. The van der Waals surface area contributed by atoms with E-state index in [2.05, 4.69) is 0 Å². The summed E-state index contributed by atoms with van der Waals surface area (Å²) in [5.41, 5.74) is 1.27. The first kappa shape index (κ1) is 19.9. The molecule has 2 aliphatic heterocycles. The molecule has 2 heterocycles. The van der Waals surface area contributed by atoms with Crippen LogP contribution >= 0.6 is 24.0 Å². The molecule has 7 nitrogen and oxygen atoms in total. The number of thiocarbonyl (C=S) groups is 1. The number of para-hydroxylation sites is 1.